The maximum Gasteiger partial charge on any atom is 0.248 e. The van der Waals surface area contributed by atoms with E-state index in [0.29, 0.717) is 45.2 Å². The second-order valence-electron chi connectivity index (χ2n) is 9.22. The average molecular weight is 480 g/mol. The summed E-state index contributed by atoms with van der Waals surface area (Å²) >= 11 is 0. The van der Waals surface area contributed by atoms with Crippen LogP contribution in [0, 0.1) is 6.92 Å². The number of fused-ring (bicyclic) bond motifs is 1. The molecule has 186 valence electrons. The minimum absolute atomic E-state index is 0.0127. The van der Waals surface area contributed by atoms with E-state index in [0.717, 1.165) is 36.4 Å². The summed E-state index contributed by atoms with van der Waals surface area (Å²) in [5.74, 6) is 1.39. The van der Waals surface area contributed by atoms with Crippen molar-refractivity contribution in [1.29, 1.82) is 0 Å². The highest BCUT2D eigenvalue weighted by atomic mass is 16.5. The highest BCUT2D eigenvalue weighted by Crippen LogP contribution is 2.25. The molecule has 5 rings (SSSR count). The Hall–Kier alpha value is -3.24. The first kappa shape index (κ1) is 23.5. The van der Waals surface area contributed by atoms with Crippen LogP contribution < -0.4 is 10.2 Å². The molecule has 0 aliphatic carbocycles. The molecule has 1 atom stereocenters. The number of benzene rings is 1. The average Bonchev–Trinajstić information content (AvgIpc) is 3.53. The molecule has 2 saturated heterocycles. The minimum atomic E-state index is 0.0127. The van der Waals surface area contributed by atoms with Crippen molar-refractivity contribution in [3.05, 3.63) is 41.7 Å². The van der Waals surface area contributed by atoms with Crippen LogP contribution in [-0.2, 0) is 20.8 Å². The molecular formula is C25H33N7O3. The van der Waals surface area contributed by atoms with Gasteiger partial charge in [-0.05, 0) is 25.3 Å². The zero-order valence-electron chi connectivity index (χ0n) is 20.4. The summed E-state index contributed by atoms with van der Waals surface area (Å²) in [5, 5.41) is 3.48. The van der Waals surface area contributed by atoms with Gasteiger partial charge in [0.15, 0.2) is 17.0 Å². The van der Waals surface area contributed by atoms with Crippen molar-refractivity contribution in [2.75, 3.05) is 63.3 Å². The number of ether oxygens (including phenoxy) is 2. The molecule has 0 spiro atoms. The second kappa shape index (κ2) is 10.6. The number of rotatable bonds is 8. The molecule has 3 aromatic rings. The van der Waals surface area contributed by atoms with Crippen molar-refractivity contribution in [3.63, 3.8) is 0 Å². The van der Waals surface area contributed by atoms with Crippen LogP contribution in [0.3, 0.4) is 0 Å². The molecule has 0 saturated carbocycles. The molecule has 2 fully saturated rings. The van der Waals surface area contributed by atoms with E-state index in [2.05, 4.69) is 51.0 Å². The molecular weight excluding hydrogens is 446 g/mol. The number of carbonyl (C=O) groups is 1. The topological polar surface area (TPSA) is 97.6 Å². The normalized spacial score (nSPS) is 18.4. The third-order valence-corrected chi connectivity index (χ3v) is 6.59. The summed E-state index contributed by atoms with van der Waals surface area (Å²) in [4.78, 5) is 30.7. The summed E-state index contributed by atoms with van der Waals surface area (Å²) in [5.41, 5.74) is 3.98. The van der Waals surface area contributed by atoms with E-state index in [1.165, 1.54) is 11.1 Å². The van der Waals surface area contributed by atoms with Crippen molar-refractivity contribution in [3.8, 4) is 0 Å². The first-order valence-corrected chi connectivity index (χ1v) is 12.3. The van der Waals surface area contributed by atoms with E-state index in [1.54, 1.807) is 7.11 Å². The number of hydrogen-bond donors (Lipinski definition) is 1. The number of hydrogen-bond acceptors (Lipinski definition) is 8. The SMILES string of the molecule is COCC(=O)N1CCN(c2nc(NCC3CCCO3)c3ncn(Cc4cccc(C)c4)c3n2)CC1. The van der Waals surface area contributed by atoms with Gasteiger partial charge in [-0.2, -0.15) is 9.97 Å². The Balaban J connectivity index is 1.42. The Morgan fingerprint density at radius 3 is 2.83 bits per heavy atom. The highest BCUT2D eigenvalue weighted by molar-refractivity contribution is 5.84. The van der Waals surface area contributed by atoms with Crippen molar-refractivity contribution in [1.82, 2.24) is 24.4 Å². The van der Waals surface area contributed by atoms with Gasteiger partial charge in [0, 0.05) is 46.4 Å². The van der Waals surface area contributed by atoms with E-state index in [1.807, 2.05) is 11.2 Å². The lowest BCUT2D eigenvalue weighted by Gasteiger charge is -2.34. The van der Waals surface area contributed by atoms with Gasteiger partial charge in [0.1, 0.15) is 6.61 Å². The van der Waals surface area contributed by atoms with Crippen LogP contribution in [0.15, 0.2) is 30.6 Å². The number of methoxy groups -OCH3 is 1. The van der Waals surface area contributed by atoms with Crippen molar-refractivity contribution >= 4 is 28.8 Å². The lowest BCUT2D eigenvalue weighted by molar-refractivity contribution is -0.135. The van der Waals surface area contributed by atoms with E-state index in [4.69, 9.17) is 19.4 Å². The monoisotopic (exact) mass is 479 g/mol. The largest absolute Gasteiger partial charge is 0.376 e. The molecule has 10 nitrogen and oxygen atoms in total. The van der Waals surface area contributed by atoms with E-state index in [9.17, 15) is 4.79 Å². The quantitative estimate of drug-likeness (QED) is 0.525. The number of carbonyl (C=O) groups excluding carboxylic acids is 1. The van der Waals surface area contributed by atoms with Crippen LogP contribution in [0.5, 0.6) is 0 Å². The molecule has 4 heterocycles. The maximum atomic E-state index is 12.2. The third-order valence-electron chi connectivity index (χ3n) is 6.59. The molecule has 1 amide bonds. The molecule has 0 radical (unpaired) electrons. The Morgan fingerprint density at radius 2 is 2.09 bits per heavy atom. The number of aromatic nitrogens is 4. The Morgan fingerprint density at radius 1 is 1.23 bits per heavy atom. The lowest BCUT2D eigenvalue weighted by atomic mass is 10.1. The fourth-order valence-electron chi connectivity index (χ4n) is 4.71. The Kier molecular flexibility index (Phi) is 7.10. The van der Waals surface area contributed by atoms with Crippen LogP contribution in [0.2, 0.25) is 0 Å². The molecule has 2 aliphatic rings. The zero-order valence-corrected chi connectivity index (χ0v) is 20.4. The molecule has 2 aliphatic heterocycles. The van der Waals surface area contributed by atoms with Crippen LogP contribution in [0.1, 0.15) is 24.0 Å². The Labute approximate surface area is 205 Å². The number of anilines is 2. The van der Waals surface area contributed by atoms with Crippen LogP contribution in [-0.4, -0.2) is 89.5 Å². The summed E-state index contributed by atoms with van der Waals surface area (Å²) in [7, 11) is 1.54. The summed E-state index contributed by atoms with van der Waals surface area (Å²) in [6, 6.07) is 8.47. The van der Waals surface area contributed by atoms with Gasteiger partial charge in [0.05, 0.1) is 19.0 Å². The van der Waals surface area contributed by atoms with Crippen molar-refractivity contribution in [2.45, 2.75) is 32.4 Å². The van der Waals surface area contributed by atoms with E-state index >= 15 is 0 Å². The number of amides is 1. The summed E-state index contributed by atoms with van der Waals surface area (Å²) in [6.45, 7) is 6.95. The van der Waals surface area contributed by atoms with Crippen LogP contribution in [0.25, 0.3) is 11.2 Å². The van der Waals surface area contributed by atoms with Gasteiger partial charge in [-0.3, -0.25) is 4.79 Å². The van der Waals surface area contributed by atoms with Gasteiger partial charge in [-0.1, -0.05) is 29.8 Å². The standard InChI is InChI=1S/C25H33N7O3/c1-18-5-3-6-19(13-18)15-32-17-27-22-23(26-14-20-7-4-12-35-20)28-25(29-24(22)32)31-10-8-30(9-11-31)21(33)16-34-2/h3,5-6,13,17,20H,4,7-12,14-16H2,1-2H3,(H,26,28,29). The van der Waals surface area contributed by atoms with Crippen molar-refractivity contribution in [2.24, 2.45) is 0 Å². The summed E-state index contributed by atoms with van der Waals surface area (Å²) < 4.78 is 12.9. The highest BCUT2D eigenvalue weighted by Gasteiger charge is 2.25. The fourth-order valence-corrected chi connectivity index (χ4v) is 4.71. The molecule has 1 aromatic carbocycles. The number of nitrogens with one attached hydrogen (secondary N) is 1. The predicted molar refractivity (Wildman–Crippen MR) is 134 cm³/mol. The first-order chi connectivity index (χ1) is 17.1. The molecule has 2 aromatic heterocycles. The molecule has 1 N–H and O–H groups in total. The third kappa shape index (κ3) is 5.38. The number of nitrogens with zero attached hydrogens (tertiary/aromatic N) is 6. The smallest absolute Gasteiger partial charge is 0.248 e. The van der Waals surface area contributed by atoms with Gasteiger partial charge >= 0.3 is 0 Å². The van der Waals surface area contributed by atoms with Gasteiger partial charge in [-0.15, -0.1) is 0 Å². The number of imidazole rings is 1. The molecule has 1 unspecified atom stereocenters. The molecule has 0 bridgehead atoms. The van der Waals surface area contributed by atoms with Gasteiger partial charge in [-0.25, -0.2) is 4.98 Å². The summed E-state index contributed by atoms with van der Waals surface area (Å²) in [6.07, 6.45) is 4.17. The maximum absolute atomic E-state index is 12.2. The van der Waals surface area contributed by atoms with Crippen LogP contribution >= 0.6 is 0 Å². The van der Waals surface area contributed by atoms with E-state index in [-0.39, 0.29) is 18.6 Å². The second-order valence-corrected chi connectivity index (χ2v) is 9.22. The van der Waals surface area contributed by atoms with Gasteiger partial charge in [0.25, 0.3) is 0 Å². The fraction of sp³-hybridized carbons (Fsp3) is 0.520. The van der Waals surface area contributed by atoms with Gasteiger partial charge in [0.2, 0.25) is 11.9 Å². The molecule has 35 heavy (non-hydrogen) atoms. The van der Waals surface area contributed by atoms with Gasteiger partial charge < -0.3 is 29.2 Å². The number of piperazine rings is 1. The number of aryl methyl sites for hydroxylation is 1. The minimum Gasteiger partial charge on any atom is -0.376 e. The van der Waals surface area contributed by atoms with Crippen molar-refractivity contribution < 1.29 is 14.3 Å². The van der Waals surface area contributed by atoms with Crippen LogP contribution in [0.4, 0.5) is 11.8 Å². The predicted octanol–water partition coefficient (Wildman–Crippen LogP) is 2.07. The Bertz CT molecular complexity index is 1170. The lowest BCUT2D eigenvalue weighted by Crippen LogP contribution is -2.50. The first-order valence-electron chi connectivity index (χ1n) is 12.3. The molecule has 10 heteroatoms. The van der Waals surface area contributed by atoms with E-state index < -0.39 is 0 Å². The zero-order chi connectivity index (χ0) is 24.2.